The number of sulfonamides is 1. The Bertz CT molecular complexity index is 775. The van der Waals surface area contributed by atoms with Gasteiger partial charge in [0.2, 0.25) is 0 Å². The first kappa shape index (κ1) is 16.2. The van der Waals surface area contributed by atoms with Crippen LogP contribution in [0.1, 0.15) is 15.9 Å². The van der Waals surface area contributed by atoms with E-state index in [-0.39, 0.29) is 5.91 Å². The molecule has 1 aromatic heterocycles. The molecule has 0 atom stereocenters. The SMILES string of the molecule is Cc1ccc(C(=O)N2CCN(S(=O)(=O)c3cccs3)CC2)cc1. The van der Waals surface area contributed by atoms with Crippen LogP contribution in [-0.2, 0) is 10.0 Å². The number of hydrogen-bond donors (Lipinski definition) is 0. The summed E-state index contributed by atoms with van der Waals surface area (Å²) in [6.07, 6.45) is 0. The Kier molecular flexibility index (Phi) is 4.52. The molecule has 2 aromatic rings. The molecule has 0 aliphatic carbocycles. The lowest BCUT2D eigenvalue weighted by Crippen LogP contribution is -2.50. The van der Waals surface area contributed by atoms with Gasteiger partial charge < -0.3 is 4.90 Å². The van der Waals surface area contributed by atoms with Gasteiger partial charge in [0.15, 0.2) is 0 Å². The largest absolute Gasteiger partial charge is 0.336 e. The lowest BCUT2D eigenvalue weighted by Gasteiger charge is -2.33. The van der Waals surface area contributed by atoms with Crippen molar-refractivity contribution in [2.75, 3.05) is 26.2 Å². The van der Waals surface area contributed by atoms with Gasteiger partial charge in [-0.2, -0.15) is 4.31 Å². The van der Waals surface area contributed by atoms with Crippen molar-refractivity contribution >= 4 is 27.3 Å². The molecule has 1 aliphatic rings. The summed E-state index contributed by atoms with van der Waals surface area (Å²) in [7, 11) is -3.42. The monoisotopic (exact) mass is 350 g/mol. The number of nitrogens with zero attached hydrogens (tertiary/aromatic N) is 2. The number of amides is 1. The summed E-state index contributed by atoms with van der Waals surface area (Å²) in [4.78, 5) is 14.2. The first-order valence-electron chi connectivity index (χ1n) is 7.38. The van der Waals surface area contributed by atoms with Crippen LogP contribution in [0.25, 0.3) is 0 Å². The minimum atomic E-state index is -3.42. The van der Waals surface area contributed by atoms with E-state index in [0.29, 0.717) is 36.0 Å². The van der Waals surface area contributed by atoms with Crippen LogP contribution < -0.4 is 0 Å². The van der Waals surface area contributed by atoms with E-state index in [2.05, 4.69) is 0 Å². The maximum absolute atomic E-state index is 12.5. The van der Waals surface area contributed by atoms with E-state index < -0.39 is 10.0 Å². The van der Waals surface area contributed by atoms with Crippen molar-refractivity contribution in [2.45, 2.75) is 11.1 Å². The molecule has 0 unspecified atom stereocenters. The van der Waals surface area contributed by atoms with Crippen molar-refractivity contribution in [1.29, 1.82) is 0 Å². The standard InChI is InChI=1S/C16H18N2O3S2/c1-13-4-6-14(7-5-13)16(19)17-8-10-18(11-9-17)23(20,21)15-3-2-12-22-15/h2-7,12H,8-11H2,1H3. The Hall–Kier alpha value is -1.70. The highest BCUT2D eigenvalue weighted by atomic mass is 32.2. The molecule has 2 heterocycles. The number of carbonyl (C=O) groups is 1. The fourth-order valence-electron chi connectivity index (χ4n) is 2.55. The Labute approximate surface area is 140 Å². The molecule has 23 heavy (non-hydrogen) atoms. The van der Waals surface area contributed by atoms with Crippen LogP contribution in [0.2, 0.25) is 0 Å². The van der Waals surface area contributed by atoms with Crippen molar-refractivity contribution in [3.63, 3.8) is 0 Å². The Morgan fingerprint density at radius 2 is 1.70 bits per heavy atom. The van der Waals surface area contributed by atoms with Crippen molar-refractivity contribution in [3.05, 3.63) is 52.9 Å². The van der Waals surface area contributed by atoms with E-state index in [1.54, 1.807) is 22.4 Å². The summed E-state index contributed by atoms with van der Waals surface area (Å²) in [6, 6.07) is 10.8. The average Bonchev–Trinajstić information content (AvgIpc) is 3.10. The van der Waals surface area contributed by atoms with Gasteiger partial charge in [-0.05, 0) is 30.5 Å². The summed E-state index contributed by atoms with van der Waals surface area (Å²) >= 11 is 1.22. The van der Waals surface area contributed by atoms with Crippen LogP contribution in [0.4, 0.5) is 0 Å². The van der Waals surface area contributed by atoms with Gasteiger partial charge in [0.05, 0.1) is 0 Å². The highest BCUT2D eigenvalue weighted by Gasteiger charge is 2.30. The molecular weight excluding hydrogens is 332 g/mol. The third-order valence-electron chi connectivity index (χ3n) is 3.91. The van der Waals surface area contributed by atoms with E-state index in [0.717, 1.165) is 5.56 Å². The third-order valence-corrected chi connectivity index (χ3v) is 7.19. The lowest BCUT2D eigenvalue weighted by molar-refractivity contribution is 0.0698. The molecule has 122 valence electrons. The van der Waals surface area contributed by atoms with Crippen LogP contribution >= 0.6 is 11.3 Å². The van der Waals surface area contributed by atoms with Gasteiger partial charge >= 0.3 is 0 Å². The topological polar surface area (TPSA) is 57.7 Å². The van der Waals surface area contributed by atoms with Gasteiger partial charge in [-0.1, -0.05) is 23.8 Å². The Morgan fingerprint density at radius 1 is 1.04 bits per heavy atom. The minimum absolute atomic E-state index is 0.0434. The predicted molar refractivity (Wildman–Crippen MR) is 90.2 cm³/mol. The molecule has 1 aliphatic heterocycles. The highest BCUT2D eigenvalue weighted by molar-refractivity contribution is 7.91. The van der Waals surface area contributed by atoms with E-state index in [1.807, 2.05) is 31.2 Å². The van der Waals surface area contributed by atoms with Gasteiger partial charge in [0, 0.05) is 31.7 Å². The molecule has 1 saturated heterocycles. The molecule has 3 rings (SSSR count). The highest BCUT2D eigenvalue weighted by Crippen LogP contribution is 2.22. The summed E-state index contributed by atoms with van der Waals surface area (Å²) in [5.74, 6) is -0.0434. The minimum Gasteiger partial charge on any atom is -0.336 e. The fourth-order valence-corrected chi connectivity index (χ4v) is 5.11. The van der Waals surface area contributed by atoms with Crippen LogP contribution in [0.15, 0.2) is 46.0 Å². The molecule has 1 fully saturated rings. The van der Waals surface area contributed by atoms with E-state index in [1.165, 1.54) is 15.6 Å². The molecule has 0 spiro atoms. The Balaban J connectivity index is 1.67. The number of aryl methyl sites for hydroxylation is 1. The second-order valence-electron chi connectivity index (χ2n) is 5.49. The second-order valence-corrected chi connectivity index (χ2v) is 8.61. The number of thiophene rings is 1. The fraction of sp³-hybridized carbons (Fsp3) is 0.312. The quantitative estimate of drug-likeness (QED) is 0.853. The summed E-state index contributed by atoms with van der Waals surface area (Å²) < 4.78 is 26.7. The number of benzene rings is 1. The van der Waals surface area contributed by atoms with Crippen LogP contribution in [0.3, 0.4) is 0 Å². The van der Waals surface area contributed by atoms with Crippen LogP contribution in [0, 0.1) is 6.92 Å². The van der Waals surface area contributed by atoms with Crippen molar-refractivity contribution in [1.82, 2.24) is 9.21 Å². The zero-order valence-electron chi connectivity index (χ0n) is 12.8. The molecule has 5 nitrogen and oxygen atoms in total. The smallest absolute Gasteiger partial charge is 0.253 e. The predicted octanol–water partition coefficient (Wildman–Crippen LogP) is 2.20. The summed E-state index contributed by atoms with van der Waals surface area (Å²) in [5, 5.41) is 1.75. The normalized spacial score (nSPS) is 16.5. The van der Waals surface area contributed by atoms with E-state index in [4.69, 9.17) is 0 Å². The van der Waals surface area contributed by atoms with Crippen LogP contribution in [0.5, 0.6) is 0 Å². The summed E-state index contributed by atoms with van der Waals surface area (Å²) in [5.41, 5.74) is 1.75. The van der Waals surface area contributed by atoms with Gasteiger partial charge in [-0.15, -0.1) is 11.3 Å². The number of carbonyl (C=O) groups excluding carboxylic acids is 1. The number of piperazine rings is 1. The molecule has 1 aromatic carbocycles. The molecule has 1 amide bonds. The molecule has 0 N–H and O–H groups in total. The number of hydrogen-bond acceptors (Lipinski definition) is 4. The van der Waals surface area contributed by atoms with Crippen LogP contribution in [-0.4, -0.2) is 49.7 Å². The van der Waals surface area contributed by atoms with Crippen molar-refractivity contribution < 1.29 is 13.2 Å². The second kappa shape index (κ2) is 6.43. The zero-order chi connectivity index (χ0) is 16.4. The maximum atomic E-state index is 12.5. The number of rotatable bonds is 3. The molecular formula is C16H18N2O3S2. The molecule has 0 radical (unpaired) electrons. The first-order chi connectivity index (χ1) is 11.0. The van der Waals surface area contributed by atoms with Gasteiger partial charge in [-0.25, -0.2) is 8.42 Å². The molecule has 0 saturated carbocycles. The average molecular weight is 350 g/mol. The summed E-state index contributed by atoms with van der Waals surface area (Å²) in [6.45, 7) is 3.47. The third kappa shape index (κ3) is 3.31. The zero-order valence-corrected chi connectivity index (χ0v) is 14.4. The molecule has 0 bridgehead atoms. The first-order valence-corrected chi connectivity index (χ1v) is 9.70. The maximum Gasteiger partial charge on any atom is 0.253 e. The molecule has 7 heteroatoms. The van der Waals surface area contributed by atoms with Gasteiger partial charge in [0.1, 0.15) is 4.21 Å². The lowest BCUT2D eigenvalue weighted by atomic mass is 10.1. The Morgan fingerprint density at radius 3 is 2.26 bits per heavy atom. The van der Waals surface area contributed by atoms with E-state index in [9.17, 15) is 13.2 Å². The van der Waals surface area contributed by atoms with Crippen molar-refractivity contribution in [2.24, 2.45) is 0 Å². The van der Waals surface area contributed by atoms with Crippen molar-refractivity contribution in [3.8, 4) is 0 Å². The van der Waals surface area contributed by atoms with Gasteiger partial charge in [0.25, 0.3) is 15.9 Å². The van der Waals surface area contributed by atoms with E-state index >= 15 is 0 Å². The van der Waals surface area contributed by atoms with Gasteiger partial charge in [-0.3, -0.25) is 4.79 Å².